The minimum atomic E-state index is -4.32. The van der Waals surface area contributed by atoms with Gasteiger partial charge in [0.1, 0.15) is 4.88 Å². The molecular weight excluding hydrogens is 261 g/mol. The number of rotatable bonds is 1. The zero-order chi connectivity index (χ0) is 12.8. The molecule has 0 fully saturated rings. The first-order chi connectivity index (χ1) is 8.57. The first-order valence-corrected chi connectivity index (χ1v) is 6.01. The van der Waals surface area contributed by atoms with Gasteiger partial charge in [-0.05, 0) is 17.5 Å². The van der Waals surface area contributed by atoms with E-state index in [2.05, 4.69) is 9.97 Å². The molecule has 0 aromatic carbocycles. The second-order valence-electron chi connectivity index (χ2n) is 3.78. The molecule has 2 nitrogen and oxygen atoms in total. The lowest BCUT2D eigenvalue weighted by molar-refractivity contribution is -0.133. The molecule has 1 N–H and O–H groups in total. The molecule has 3 aromatic rings. The van der Waals surface area contributed by atoms with Crippen molar-refractivity contribution in [1.82, 2.24) is 9.97 Å². The van der Waals surface area contributed by atoms with Gasteiger partial charge in [0.05, 0.1) is 0 Å². The van der Waals surface area contributed by atoms with Crippen molar-refractivity contribution in [2.24, 2.45) is 0 Å². The van der Waals surface area contributed by atoms with Crippen LogP contribution in [0.2, 0.25) is 0 Å². The summed E-state index contributed by atoms with van der Waals surface area (Å²) in [6.07, 6.45) is 0.429. The highest BCUT2D eigenvalue weighted by Crippen LogP contribution is 2.42. The van der Waals surface area contributed by atoms with E-state index >= 15 is 0 Å². The summed E-state index contributed by atoms with van der Waals surface area (Å²) >= 11 is 0.704. The molecule has 0 aliphatic carbocycles. The fraction of sp³-hybridized carbons (Fsp3) is 0.0833. The number of nitrogens with one attached hydrogen (secondary N) is 1. The number of fused-ring (bicyclic) bond motifs is 1. The first-order valence-electron chi connectivity index (χ1n) is 5.13. The van der Waals surface area contributed by atoms with E-state index in [9.17, 15) is 13.2 Å². The molecule has 0 unspecified atom stereocenters. The first kappa shape index (κ1) is 11.3. The highest BCUT2D eigenvalue weighted by Gasteiger charge is 2.35. The van der Waals surface area contributed by atoms with Gasteiger partial charge in [0.15, 0.2) is 0 Å². The van der Waals surface area contributed by atoms with E-state index in [1.54, 1.807) is 24.7 Å². The van der Waals surface area contributed by atoms with E-state index in [4.69, 9.17) is 0 Å². The van der Waals surface area contributed by atoms with E-state index < -0.39 is 11.1 Å². The maximum Gasteiger partial charge on any atom is 0.426 e. The molecule has 3 aromatic heterocycles. The smallest absolute Gasteiger partial charge is 0.360 e. The SMILES string of the molecule is FC(F)(F)c1sccc1-c1c[nH]c2ccncc12. The third-order valence-corrected chi connectivity index (χ3v) is 3.66. The van der Waals surface area contributed by atoms with E-state index in [0.717, 1.165) is 5.52 Å². The van der Waals surface area contributed by atoms with E-state index in [0.29, 0.717) is 22.3 Å². The molecule has 0 radical (unpaired) electrons. The molecule has 18 heavy (non-hydrogen) atoms. The number of H-pyrrole nitrogens is 1. The van der Waals surface area contributed by atoms with Gasteiger partial charge in [0.25, 0.3) is 0 Å². The van der Waals surface area contributed by atoms with Crippen LogP contribution in [-0.4, -0.2) is 9.97 Å². The Kier molecular flexibility index (Phi) is 2.41. The van der Waals surface area contributed by atoms with Crippen LogP contribution < -0.4 is 0 Å². The molecule has 3 heterocycles. The second kappa shape index (κ2) is 3.84. The highest BCUT2D eigenvalue weighted by molar-refractivity contribution is 7.10. The standard InChI is InChI=1S/C12H7F3N2S/c13-12(14,15)11-7(2-4-18-11)8-6-17-10-1-3-16-5-9(8)10/h1-6,17H. The molecule has 6 heteroatoms. The summed E-state index contributed by atoms with van der Waals surface area (Å²) in [5.74, 6) is 0. The van der Waals surface area contributed by atoms with Crippen molar-refractivity contribution >= 4 is 22.2 Å². The lowest BCUT2D eigenvalue weighted by Crippen LogP contribution is -2.03. The lowest BCUT2D eigenvalue weighted by Gasteiger charge is -2.06. The summed E-state index contributed by atoms with van der Waals surface area (Å²) in [5, 5.41) is 2.15. The van der Waals surface area contributed by atoms with Gasteiger partial charge >= 0.3 is 6.18 Å². The van der Waals surface area contributed by atoms with Gasteiger partial charge in [0, 0.05) is 40.6 Å². The minimum Gasteiger partial charge on any atom is -0.360 e. The van der Waals surface area contributed by atoms with Crippen LogP contribution in [0.15, 0.2) is 36.1 Å². The van der Waals surface area contributed by atoms with Crippen molar-refractivity contribution in [3.8, 4) is 11.1 Å². The van der Waals surface area contributed by atoms with Crippen LogP contribution >= 0.6 is 11.3 Å². The number of thiophene rings is 1. The molecule has 0 atom stereocenters. The van der Waals surface area contributed by atoms with Gasteiger partial charge in [-0.3, -0.25) is 4.98 Å². The van der Waals surface area contributed by atoms with Crippen LogP contribution in [0.3, 0.4) is 0 Å². The highest BCUT2D eigenvalue weighted by atomic mass is 32.1. The maximum absolute atomic E-state index is 12.9. The monoisotopic (exact) mass is 268 g/mol. The third-order valence-electron chi connectivity index (χ3n) is 2.70. The van der Waals surface area contributed by atoms with Crippen LogP contribution in [0.5, 0.6) is 0 Å². The third kappa shape index (κ3) is 1.69. The number of alkyl halides is 3. The number of pyridine rings is 1. The van der Waals surface area contributed by atoms with Crippen LogP contribution in [0.25, 0.3) is 22.0 Å². The Morgan fingerprint density at radius 3 is 2.78 bits per heavy atom. The molecule has 0 aliphatic heterocycles. The predicted octanol–water partition coefficient (Wildman–Crippen LogP) is 4.31. The molecule has 0 aliphatic rings. The van der Waals surface area contributed by atoms with Gasteiger partial charge in [-0.25, -0.2) is 0 Å². The number of halogens is 3. The van der Waals surface area contributed by atoms with Crippen LogP contribution in [-0.2, 0) is 6.18 Å². The fourth-order valence-corrected chi connectivity index (χ4v) is 2.71. The second-order valence-corrected chi connectivity index (χ2v) is 4.70. The Bertz CT molecular complexity index is 696. The van der Waals surface area contributed by atoms with Gasteiger partial charge in [-0.2, -0.15) is 13.2 Å². The fourth-order valence-electron chi connectivity index (χ4n) is 1.93. The van der Waals surface area contributed by atoms with Crippen LogP contribution in [0, 0.1) is 0 Å². The minimum absolute atomic E-state index is 0.201. The average Bonchev–Trinajstić information content (AvgIpc) is 2.93. The van der Waals surface area contributed by atoms with Crippen molar-refractivity contribution in [3.05, 3.63) is 41.0 Å². The normalized spacial score (nSPS) is 12.2. The van der Waals surface area contributed by atoms with Crippen LogP contribution in [0.4, 0.5) is 13.2 Å². The van der Waals surface area contributed by atoms with Crippen molar-refractivity contribution in [2.45, 2.75) is 6.18 Å². The summed E-state index contributed by atoms with van der Waals surface area (Å²) in [6.45, 7) is 0. The molecule has 0 saturated heterocycles. The largest absolute Gasteiger partial charge is 0.426 e. The zero-order valence-corrected chi connectivity index (χ0v) is 9.77. The summed E-state index contributed by atoms with van der Waals surface area (Å²) in [4.78, 5) is 6.33. The molecule has 3 rings (SSSR count). The topological polar surface area (TPSA) is 28.7 Å². The molecule has 0 spiro atoms. The van der Waals surface area contributed by atoms with E-state index in [1.807, 2.05) is 0 Å². The Morgan fingerprint density at radius 1 is 1.17 bits per heavy atom. The Morgan fingerprint density at radius 2 is 2.00 bits per heavy atom. The van der Waals surface area contributed by atoms with E-state index in [1.165, 1.54) is 11.4 Å². The molecule has 92 valence electrons. The lowest BCUT2D eigenvalue weighted by atomic mass is 10.1. The molecule has 0 bridgehead atoms. The summed E-state index contributed by atoms with van der Waals surface area (Å²) in [5.41, 5.74) is 1.51. The quantitative estimate of drug-likeness (QED) is 0.700. The average molecular weight is 268 g/mol. The van der Waals surface area contributed by atoms with Crippen LogP contribution in [0.1, 0.15) is 4.88 Å². The van der Waals surface area contributed by atoms with Crippen molar-refractivity contribution < 1.29 is 13.2 Å². The van der Waals surface area contributed by atoms with Gasteiger partial charge < -0.3 is 4.98 Å². The Hall–Kier alpha value is -1.82. The Balaban J connectivity index is 2.25. The number of hydrogen-bond acceptors (Lipinski definition) is 2. The van der Waals surface area contributed by atoms with Gasteiger partial charge in [-0.15, -0.1) is 11.3 Å². The summed E-state index contributed by atoms with van der Waals surface area (Å²) < 4.78 is 38.6. The Labute approximate surface area is 104 Å². The number of aromatic nitrogens is 2. The summed E-state index contributed by atoms with van der Waals surface area (Å²) in [6, 6.07) is 3.22. The maximum atomic E-state index is 12.9. The predicted molar refractivity (Wildman–Crippen MR) is 64.4 cm³/mol. The molecule has 0 saturated carbocycles. The molecular formula is C12H7F3N2S. The van der Waals surface area contributed by atoms with Gasteiger partial charge in [-0.1, -0.05) is 0 Å². The zero-order valence-electron chi connectivity index (χ0n) is 8.95. The van der Waals surface area contributed by atoms with E-state index in [-0.39, 0.29) is 5.56 Å². The number of hydrogen-bond donors (Lipinski definition) is 1. The van der Waals surface area contributed by atoms with Gasteiger partial charge in [0.2, 0.25) is 0 Å². The molecule has 0 amide bonds. The van der Waals surface area contributed by atoms with Crippen molar-refractivity contribution in [1.29, 1.82) is 0 Å². The number of aromatic amines is 1. The van der Waals surface area contributed by atoms with Crippen molar-refractivity contribution in [2.75, 3.05) is 0 Å². The number of nitrogens with zero attached hydrogens (tertiary/aromatic N) is 1. The summed E-state index contributed by atoms with van der Waals surface area (Å²) in [7, 11) is 0. The van der Waals surface area contributed by atoms with Crippen molar-refractivity contribution in [3.63, 3.8) is 0 Å².